The third-order valence-corrected chi connectivity index (χ3v) is 4.57. The molecule has 8 heteroatoms. The topological polar surface area (TPSA) is 72.7 Å². The van der Waals surface area contributed by atoms with Gasteiger partial charge in [0.1, 0.15) is 0 Å². The van der Waals surface area contributed by atoms with Crippen molar-refractivity contribution in [3.63, 3.8) is 0 Å². The van der Waals surface area contributed by atoms with Gasteiger partial charge in [0.25, 0.3) is 5.91 Å². The number of rotatable bonds is 6. The van der Waals surface area contributed by atoms with Gasteiger partial charge < -0.3 is 9.88 Å². The molecular weight excluding hydrogens is 353 g/mol. The lowest BCUT2D eigenvalue weighted by atomic mass is 10.3. The highest BCUT2D eigenvalue weighted by Crippen LogP contribution is 2.27. The Morgan fingerprint density at radius 2 is 2.31 bits per heavy atom. The van der Waals surface area contributed by atoms with E-state index in [1.807, 2.05) is 31.2 Å². The van der Waals surface area contributed by atoms with Gasteiger partial charge in [-0.25, -0.2) is 4.39 Å². The lowest BCUT2D eigenvalue weighted by Gasteiger charge is -2.11. The van der Waals surface area contributed by atoms with Crippen LogP contribution in [0.4, 0.5) is 4.39 Å². The largest absolute Gasteiger partial charge is 0.323 e. The van der Waals surface area contributed by atoms with E-state index in [9.17, 15) is 9.18 Å². The molecule has 0 fully saturated rings. The number of aromatic nitrogens is 4. The first-order chi connectivity index (χ1) is 12.7. The highest BCUT2D eigenvalue weighted by atomic mass is 32.2. The van der Waals surface area contributed by atoms with E-state index in [2.05, 4.69) is 20.5 Å². The molecule has 2 aromatic heterocycles. The molecule has 0 aromatic carbocycles. The highest BCUT2D eigenvalue weighted by Gasteiger charge is 2.23. The van der Waals surface area contributed by atoms with Crippen LogP contribution in [-0.2, 0) is 11.3 Å². The van der Waals surface area contributed by atoms with E-state index in [0.717, 1.165) is 17.3 Å². The number of hydrogen-bond donors (Lipinski definition) is 1. The monoisotopic (exact) mass is 371 g/mol. The molecule has 1 N–H and O–H groups in total. The van der Waals surface area contributed by atoms with Crippen molar-refractivity contribution in [1.29, 1.82) is 0 Å². The number of amides is 1. The fourth-order valence-corrected chi connectivity index (χ4v) is 3.17. The van der Waals surface area contributed by atoms with Gasteiger partial charge in [-0.1, -0.05) is 24.3 Å². The van der Waals surface area contributed by atoms with Gasteiger partial charge in [0.15, 0.2) is 11.0 Å². The van der Waals surface area contributed by atoms with Gasteiger partial charge >= 0.3 is 0 Å². The minimum absolute atomic E-state index is 0.348. The lowest BCUT2D eigenvalue weighted by Crippen LogP contribution is -2.29. The molecule has 1 aliphatic carbocycles. The number of halogens is 1. The van der Waals surface area contributed by atoms with Crippen LogP contribution in [0.3, 0.4) is 0 Å². The first-order valence-electron chi connectivity index (χ1n) is 8.17. The molecule has 1 aliphatic rings. The molecule has 1 amide bonds. The standard InChI is InChI=1S/C18H18FN5OS/c1-2-24-16(13-8-7-11-20-12-13)22-23-18(24)26-15(19)17(25)21-14-9-5-3-4-6-10-14/h3-5,7-12,15H,2,6H2,1H3,(H,21,25). The van der Waals surface area contributed by atoms with Crippen LogP contribution in [0.15, 0.2) is 65.8 Å². The number of allylic oxidation sites excluding steroid dienone is 5. The Morgan fingerprint density at radius 3 is 3.08 bits per heavy atom. The zero-order valence-electron chi connectivity index (χ0n) is 14.2. The highest BCUT2D eigenvalue weighted by molar-refractivity contribution is 8.00. The van der Waals surface area contributed by atoms with Crippen LogP contribution in [0.2, 0.25) is 0 Å². The number of thioether (sulfide) groups is 1. The number of hydrogen-bond acceptors (Lipinski definition) is 5. The summed E-state index contributed by atoms with van der Waals surface area (Å²) < 4.78 is 16.2. The number of carbonyl (C=O) groups is 1. The molecule has 3 rings (SSSR count). The molecule has 1 unspecified atom stereocenters. The van der Waals surface area contributed by atoms with Crippen molar-refractivity contribution in [3.05, 3.63) is 60.6 Å². The number of alkyl halides is 1. The van der Waals surface area contributed by atoms with E-state index in [0.29, 0.717) is 29.6 Å². The molecule has 2 aromatic rings. The Balaban J connectivity index is 1.71. The summed E-state index contributed by atoms with van der Waals surface area (Å²) in [6, 6.07) is 3.65. The second-order valence-corrected chi connectivity index (χ2v) is 6.41. The number of carbonyl (C=O) groups excluding carboxylic acids is 1. The maximum absolute atomic E-state index is 14.5. The molecule has 0 bridgehead atoms. The Hall–Kier alpha value is -2.74. The van der Waals surface area contributed by atoms with Gasteiger partial charge in [-0.15, -0.1) is 10.2 Å². The third kappa shape index (κ3) is 4.26. The molecule has 0 aliphatic heterocycles. The van der Waals surface area contributed by atoms with Gasteiger partial charge in [0, 0.05) is 30.2 Å². The van der Waals surface area contributed by atoms with Crippen molar-refractivity contribution in [1.82, 2.24) is 25.1 Å². The summed E-state index contributed by atoms with van der Waals surface area (Å²) in [6.07, 6.45) is 13.2. The van der Waals surface area contributed by atoms with Crippen LogP contribution in [0.25, 0.3) is 11.4 Å². The third-order valence-electron chi connectivity index (χ3n) is 3.63. The van der Waals surface area contributed by atoms with Gasteiger partial charge in [0.05, 0.1) is 0 Å². The van der Waals surface area contributed by atoms with E-state index >= 15 is 0 Å². The zero-order valence-corrected chi connectivity index (χ0v) is 15.0. The van der Waals surface area contributed by atoms with Crippen LogP contribution in [-0.4, -0.2) is 31.2 Å². The fraction of sp³-hybridized carbons (Fsp3) is 0.222. The first kappa shape index (κ1) is 18.1. The van der Waals surface area contributed by atoms with Crippen molar-refractivity contribution in [2.24, 2.45) is 0 Å². The summed E-state index contributed by atoms with van der Waals surface area (Å²) in [7, 11) is 0. The maximum atomic E-state index is 14.5. The van der Waals surface area contributed by atoms with Crippen molar-refractivity contribution in [2.45, 2.75) is 30.5 Å². The van der Waals surface area contributed by atoms with Gasteiger partial charge in [0.2, 0.25) is 5.50 Å². The predicted octanol–water partition coefficient (Wildman–Crippen LogP) is 3.26. The minimum Gasteiger partial charge on any atom is -0.323 e. The Kier molecular flexibility index (Phi) is 5.96. The van der Waals surface area contributed by atoms with Crippen LogP contribution in [0.5, 0.6) is 0 Å². The van der Waals surface area contributed by atoms with Crippen molar-refractivity contribution >= 4 is 17.7 Å². The van der Waals surface area contributed by atoms with Gasteiger partial charge in [-0.2, -0.15) is 0 Å². The van der Waals surface area contributed by atoms with E-state index in [1.54, 1.807) is 35.2 Å². The Bertz CT molecular complexity index is 860. The molecule has 0 radical (unpaired) electrons. The molecule has 0 saturated carbocycles. The summed E-state index contributed by atoms with van der Waals surface area (Å²) in [5, 5.41) is 11.1. The second-order valence-electron chi connectivity index (χ2n) is 5.40. The SMILES string of the molecule is CCn1c(SC(F)C(=O)NC2=CCC=CC=C2)nnc1-c1cccnc1. The maximum Gasteiger partial charge on any atom is 0.269 e. The number of nitrogens with one attached hydrogen (secondary N) is 1. The molecule has 134 valence electrons. The molecule has 6 nitrogen and oxygen atoms in total. The number of nitrogens with zero attached hydrogens (tertiary/aromatic N) is 4. The van der Waals surface area contributed by atoms with Crippen molar-refractivity contribution in [2.75, 3.05) is 0 Å². The average molecular weight is 371 g/mol. The lowest BCUT2D eigenvalue weighted by molar-refractivity contribution is -0.122. The van der Waals surface area contributed by atoms with Crippen LogP contribution in [0, 0.1) is 0 Å². The van der Waals surface area contributed by atoms with E-state index in [-0.39, 0.29) is 0 Å². The quantitative estimate of drug-likeness (QED) is 0.789. The van der Waals surface area contributed by atoms with E-state index in [1.165, 1.54) is 0 Å². The molecule has 1 atom stereocenters. The normalized spacial score (nSPS) is 14.6. The first-order valence-corrected chi connectivity index (χ1v) is 9.05. The van der Waals surface area contributed by atoms with Crippen molar-refractivity contribution < 1.29 is 9.18 Å². The average Bonchev–Trinajstić information content (AvgIpc) is 2.88. The zero-order chi connectivity index (χ0) is 18.4. The molecular formula is C18H18FN5OS. The summed E-state index contributed by atoms with van der Waals surface area (Å²) in [5.74, 6) is -0.127. The minimum atomic E-state index is -1.79. The fourth-order valence-electron chi connectivity index (χ4n) is 2.39. The number of pyridine rings is 1. The van der Waals surface area contributed by atoms with Crippen LogP contribution < -0.4 is 5.32 Å². The van der Waals surface area contributed by atoms with Gasteiger partial charge in [-0.3, -0.25) is 9.78 Å². The van der Waals surface area contributed by atoms with E-state index in [4.69, 9.17) is 0 Å². The summed E-state index contributed by atoms with van der Waals surface area (Å²) in [6.45, 7) is 2.46. The summed E-state index contributed by atoms with van der Waals surface area (Å²) >= 11 is 0.735. The van der Waals surface area contributed by atoms with Crippen molar-refractivity contribution in [3.8, 4) is 11.4 Å². The Morgan fingerprint density at radius 1 is 1.42 bits per heavy atom. The molecule has 2 heterocycles. The van der Waals surface area contributed by atoms with Crippen LogP contribution in [0.1, 0.15) is 13.3 Å². The van der Waals surface area contributed by atoms with E-state index < -0.39 is 11.4 Å². The molecule has 0 spiro atoms. The summed E-state index contributed by atoms with van der Waals surface area (Å²) in [4.78, 5) is 16.2. The van der Waals surface area contributed by atoms with Crippen LogP contribution >= 0.6 is 11.8 Å². The second kappa shape index (κ2) is 8.57. The Labute approximate surface area is 154 Å². The molecule has 0 saturated heterocycles. The predicted molar refractivity (Wildman–Crippen MR) is 98.8 cm³/mol. The molecule has 26 heavy (non-hydrogen) atoms. The smallest absolute Gasteiger partial charge is 0.269 e. The van der Waals surface area contributed by atoms with Gasteiger partial charge in [-0.05, 0) is 43.3 Å². The summed E-state index contributed by atoms with van der Waals surface area (Å²) in [5.41, 5.74) is -0.428.